The Balaban J connectivity index is 2.79. The number of rotatable bonds is 7. The molecule has 0 bridgehead atoms. The van der Waals surface area contributed by atoms with Gasteiger partial charge in [0.15, 0.2) is 0 Å². The molecule has 0 heterocycles. The Bertz CT molecular complexity index is 422. The van der Waals surface area contributed by atoms with E-state index in [1.165, 1.54) is 12.0 Å². The number of methoxy groups -OCH3 is 1. The van der Waals surface area contributed by atoms with Gasteiger partial charge in [-0.25, -0.2) is 0 Å². The smallest absolute Gasteiger partial charge is 0.123 e. The van der Waals surface area contributed by atoms with E-state index in [0.29, 0.717) is 17.4 Å². The summed E-state index contributed by atoms with van der Waals surface area (Å²) in [6, 6.07) is 8.75. The first-order valence-corrected chi connectivity index (χ1v) is 8.15. The number of para-hydroxylation sites is 1. The van der Waals surface area contributed by atoms with Crippen molar-refractivity contribution in [1.29, 1.82) is 0 Å². The molecule has 0 saturated heterocycles. The second-order valence-electron chi connectivity index (χ2n) is 7.38. The summed E-state index contributed by atoms with van der Waals surface area (Å²) in [5.41, 5.74) is 1.68. The molecule has 1 rings (SSSR count). The summed E-state index contributed by atoms with van der Waals surface area (Å²) in [6.45, 7) is 16.1. The van der Waals surface area contributed by atoms with Crippen LogP contribution in [0.2, 0.25) is 0 Å². The van der Waals surface area contributed by atoms with Crippen molar-refractivity contribution < 1.29 is 4.74 Å². The topological polar surface area (TPSA) is 12.5 Å². The van der Waals surface area contributed by atoms with Gasteiger partial charge in [0.2, 0.25) is 0 Å². The molecule has 120 valence electrons. The highest BCUT2D eigenvalue weighted by Crippen LogP contribution is 2.31. The minimum atomic E-state index is 0.383. The minimum absolute atomic E-state index is 0.383. The monoisotopic (exact) mass is 291 g/mol. The van der Waals surface area contributed by atoms with Crippen molar-refractivity contribution in [3.63, 3.8) is 0 Å². The normalized spacial score (nSPS) is 15.0. The van der Waals surface area contributed by atoms with Crippen molar-refractivity contribution in [2.75, 3.05) is 20.2 Å². The Morgan fingerprint density at radius 3 is 2.29 bits per heavy atom. The van der Waals surface area contributed by atoms with Gasteiger partial charge < -0.3 is 4.74 Å². The molecule has 0 unspecified atom stereocenters. The lowest BCUT2D eigenvalue weighted by Gasteiger charge is -2.33. The molecule has 0 spiro atoms. The van der Waals surface area contributed by atoms with Crippen molar-refractivity contribution in [3.05, 3.63) is 29.8 Å². The van der Waals surface area contributed by atoms with Crippen molar-refractivity contribution >= 4 is 0 Å². The number of ether oxygens (including phenoxy) is 1. The zero-order valence-corrected chi connectivity index (χ0v) is 14.9. The average Bonchev–Trinajstić information content (AvgIpc) is 2.42. The van der Waals surface area contributed by atoms with Crippen LogP contribution in [-0.4, -0.2) is 25.1 Å². The number of hydrogen-bond donors (Lipinski definition) is 0. The third-order valence-corrected chi connectivity index (χ3v) is 4.05. The first kappa shape index (κ1) is 18.0. The van der Waals surface area contributed by atoms with Crippen LogP contribution in [0.15, 0.2) is 24.3 Å². The Morgan fingerprint density at radius 2 is 1.76 bits per heavy atom. The van der Waals surface area contributed by atoms with Crippen LogP contribution in [0.4, 0.5) is 0 Å². The molecule has 0 aliphatic carbocycles. The van der Waals surface area contributed by atoms with E-state index in [-0.39, 0.29) is 0 Å². The zero-order chi connectivity index (χ0) is 16.0. The quantitative estimate of drug-likeness (QED) is 0.689. The second kappa shape index (κ2) is 7.84. The van der Waals surface area contributed by atoms with Crippen LogP contribution < -0.4 is 4.74 Å². The van der Waals surface area contributed by atoms with Crippen molar-refractivity contribution in [2.24, 2.45) is 11.3 Å². The van der Waals surface area contributed by atoms with E-state index < -0.39 is 0 Å². The van der Waals surface area contributed by atoms with E-state index >= 15 is 0 Å². The predicted molar refractivity (Wildman–Crippen MR) is 91.9 cm³/mol. The van der Waals surface area contributed by atoms with E-state index in [2.05, 4.69) is 64.6 Å². The van der Waals surface area contributed by atoms with Gasteiger partial charge in [-0.1, -0.05) is 52.8 Å². The van der Waals surface area contributed by atoms with E-state index in [4.69, 9.17) is 4.74 Å². The van der Waals surface area contributed by atoms with Gasteiger partial charge in [0.1, 0.15) is 5.75 Å². The van der Waals surface area contributed by atoms with Crippen LogP contribution in [-0.2, 0) is 0 Å². The van der Waals surface area contributed by atoms with Gasteiger partial charge in [0.25, 0.3) is 0 Å². The molecule has 21 heavy (non-hydrogen) atoms. The summed E-state index contributed by atoms with van der Waals surface area (Å²) in [5, 5.41) is 0. The van der Waals surface area contributed by atoms with Gasteiger partial charge in [-0.15, -0.1) is 0 Å². The molecule has 1 aromatic rings. The molecule has 0 saturated carbocycles. The summed E-state index contributed by atoms with van der Waals surface area (Å²) < 4.78 is 5.52. The highest BCUT2D eigenvalue weighted by atomic mass is 16.5. The van der Waals surface area contributed by atoms with Gasteiger partial charge in [0, 0.05) is 18.2 Å². The van der Waals surface area contributed by atoms with E-state index in [1.807, 2.05) is 6.07 Å². The fourth-order valence-corrected chi connectivity index (χ4v) is 3.28. The van der Waals surface area contributed by atoms with Crippen LogP contribution >= 0.6 is 0 Å². The highest BCUT2D eigenvalue weighted by molar-refractivity contribution is 5.35. The predicted octanol–water partition coefficient (Wildman–Crippen LogP) is 5.15. The van der Waals surface area contributed by atoms with Crippen LogP contribution in [0.25, 0.3) is 0 Å². The molecule has 2 nitrogen and oxygen atoms in total. The minimum Gasteiger partial charge on any atom is -0.496 e. The molecule has 0 fully saturated rings. The number of hydrogen-bond acceptors (Lipinski definition) is 2. The Kier molecular flexibility index (Phi) is 6.73. The second-order valence-corrected chi connectivity index (χ2v) is 7.38. The summed E-state index contributed by atoms with van der Waals surface area (Å²) >= 11 is 0. The molecule has 1 aromatic carbocycles. The summed E-state index contributed by atoms with van der Waals surface area (Å²) in [7, 11) is 1.75. The first-order valence-electron chi connectivity index (χ1n) is 8.15. The van der Waals surface area contributed by atoms with Gasteiger partial charge in [-0.05, 0) is 37.3 Å². The SMILES string of the molecule is CCN(C[C@@H](C)CC(C)(C)C)[C@@H](C)c1ccccc1OC. The standard InChI is InChI=1S/C19H33NO/c1-8-20(14-15(2)13-19(4,5)6)16(3)17-11-9-10-12-18(17)21-7/h9-12,15-16H,8,13-14H2,1-7H3/t15-,16-/m0/s1. The maximum absolute atomic E-state index is 5.52. The van der Waals surface area contributed by atoms with Crippen LogP contribution in [0.1, 0.15) is 59.6 Å². The van der Waals surface area contributed by atoms with E-state index in [1.54, 1.807) is 7.11 Å². The van der Waals surface area contributed by atoms with Crippen LogP contribution in [0.5, 0.6) is 5.75 Å². The largest absolute Gasteiger partial charge is 0.496 e. The maximum atomic E-state index is 5.52. The zero-order valence-electron chi connectivity index (χ0n) is 14.9. The molecule has 0 N–H and O–H groups in total. The molecular formula is C19H33NO. The van der Waals surface area contributed by atoms with Crippen molar-refractivity contribution in [1.82, 2.24) is 4.90 Å². The molecule has 0 aliphatic heterocycles. The maximum Gasteiger partial charge on any atom is 0.123 e. The molecule has 2 atom stereocenters. The van der Waals surface area contributed by atoms with Crippen LogP contribution in [0, 0.1) is 11.3 Å². The third kappa shape index (κ3) is 5.70. The van der Waals surface area contributed by atoms with Crippen LogP contribution in [0.3, 0.4) is 0 Å². The van der Waals surface area contributed by atoms with E-state index in [9.17, 15) is 0 Å². The lowest BCUT2D eigenvalue weighted by atomic mass is 9.85. The summed E-state index contributed by atoms with van der Waals surface area (Å²) in [5.74, 6) is 1.69. The van der Waals surface area contributed by atoms with Gasteiger partial charge in [-0.3, -0.25) is 4.90 Å². The molecule has 0 radical (unpaired) electrons. The Hall–Kier alpha value is -1.02. The fourth-order valence-electron chi connectivity index (χ4n) is 3.28. The van der Waals surface area contributed by atoms with Crippen molar-refractivity contribution in [3.8, 4) is 5.75 Å². The fraction of sp³-hybridized carbons (Fsp3) is 0.684. The summed E-state index contributed by atoms with van der Waals surface area (Å²) in [6.07, 6.45) is 1.25. The molecular weight excluding hydrogens is 258 g/mol. The molecule has 0 aromatic heterocycles. The lowest BCUT2D eigenvalue weighted by molar-refractivity contribution is 0.165. The van der Waals surface area contributed by atoms with Gasteiger partial charge in [0.05, 0.1) is 7.11 Å². The molecule has 0 amide bonds. The summed E-state index contributed by atoms with van der Waals surface area (Å²) in [4.78, 5) is 2.55. The van der Waals surface area contributed by atoms with Crippen molar-refractivity contribution in [2.45, 2.75) is 54.0 Å². The van der Waals surface area contributed by atoms with Gasteiger partial charge >= 0.3 is 0 Å². The average molecular weight is 291 g/mol. The number of nitrogens with zero attached hydrogens (tertiary/aromatic N) is 1. The third-order valence-electron chi connectivity index (χ3n) is 4.05. The molecule has 0 aliphatic rings. The van der Waals surface area contributed by atoms with E-state index in [0.717, 1.165) is 18.8 Å². The molecule has 2 heteroatoms. The van der Waals surface area contributed by atoms with Gasteiger partial charge in [-0.2, -0.15) is 0 Å². The lowest BCUT2D eigenvalue weighted by Crippen LogP contribution is -2.32. The number of benzene rings is 1. The Labute approximate surface area is 131 Å². The first-order chi connectivity index (χ1) is 9.78. The Morgan fingerprint density at radius 1 is 1.14 bits per heavy atom. The highest BCUT2D eigenvalue weighted by Gasteiger charge is 2.22.